The second-order valence-corrected chi connectivity index (χ2v) is 19.4. The fourth-order valence-electron chi connectivity index (χ4n) is 10.1. The summed E-state index contributed by atoms with van der Waals surface area (Å²) in [4.78, 5) is 51.4. The van der Waals surface area contributed by atoms with Crippen LogP contribution in [0.15, 0.2) is 73.1 Å². The Bertz CT molecular complexity index is 2770. The highest BCUT2D eigenvalue weighted by molar-refractivity contribution is 7.90. The molecule has 1 saturated carbocycles. The van der Waals surface area contributed by atoms with Crippen LogP contribution in [0.4, 0.5) is 24.5 Å². The van der Waals surface area contributed by atoms with Gasteiger partial charge in [0.1, 0.15) is 29.4 Å². The number of carbonyl (C=O) groups excluding carboxylic acids is 3. The number of piperidine rings is 1. The van der Waals surface area contributed by atoms with Crippen molar-refractivity contribution < 1.29 is 40.7 Å². The number of piperazine rings is 1. The van der Waals surface area contributed by atoms with Gasteiger partial charge in [-0.1, -0.05) is 12.1 Å². The normalized spacial score (nSPS) is 23.3. The molecule has 0 spiro atoms. The van der Waals surface area contributed by atoms with Gasteiger partial charge in [0.2, 0.25) is 11.8 Å². The van der Waals surface area contributed by atoms with E-state index in [2.05, 4.69) is 41.9 Å². The smallest absolute Gasteiger partial charge is 0.301 e. The van der Waals surface area contributed by atoms with Crippen molar-refractivity contribution in [2.24, 2.45) is 0 Å². The van der Waals surface area contributed by atoms with E-state index in [0.717, 1.165) is 96.4 Å². The zero-order valence-electron chi connectivity index (χ0n) is 35.6. The van der Waals surface area contributed by atoms with E-state index in [-0.39, 0.29) is 55.8 Å². The van der Waals surface area contributed by atoms with Crippen molar-refractivity contribution in [1.82, 2.24) is 29.4 Å². The molecule has 0 bridgehead atoms. The predicted octanol–water partition coefficient (Wildman–Crippen LogP) is 6.07. The van der Waals surface area contributed by atoms with Gasteiger partial charge in [-0.15, -0.1) is 0 Å². The number of alkyl halides is 1. The molecule has 6 heterocycles. The Kier molecular flexibility index (Phi) is 11.5. The number of rotatable bonds is 11. The van der Waals surface area contributed by atoms with Crippen LogP contribution in [-0.2, 0) is 32.8 Å². The van der Waals surface area contributed by atoms with E-state index in [4.69, 9.17) is 4.74 Å². The fraction of sp³-hybridized carbons (Fsp3) is 0.404. The minimum atomic E-state index is -4.23. The van der Waals surface area contributed by atoms with Crippen LogP contribution in [0.1, 0.15) is 72.0 Å². The summed E-state index contributed by atoms with van der Waals surface area (Å²) in [6, 6.07) is 17.7. The Morgan fingerprint density at radius 3 is 2.38 bits per heavy atom. The third kappa shape index (κ3) is 8.66. The summed E-state index contributed by atoms with van der Waals surface area (Å²) in [7, 11) is -4.23. The molecule has 2 atom stereocenters. The molecule has 3 amide bonds. The molecule has 4 aliphatic heterocycles. The predicted molar refractivity (Wildman–Crippen MR) is 237 cm³/mol. The maximum Gasteiger partial charge on any atom is 0.301 e. The molecule has 4 fully saturated rings. The Morgan fingerprint density at radius 2 is 1.65 bits per heavy atom. The third-order valence-electron chi connectivity index (χ3n) is 13.7. The van der Waals surface area contributed by atoms with Crippen LogP contribution in [0, 0.1) is 11.6 Å². The molecule has 340 valence electrons. The van der Waals surface area contributed by atoms with E-state index >= 15 is 8.78 Å². The first-order valence-corrected chi connectivity index (χ1v) is 23.7. The Hall–Kier alpha value is -5.98. The fourth-order valence-corrected chi connectivity index (χ4v) is 11.3. The second-order valence-electron chi connectivity index (χ2n) is 17.7. The first kappa shape index (κ1) is 42.9. The van der Waals surface area contributed by atoms with Crippen molar-refractivity contribution in [2.45, 2.75) is 82.3 Å². The lowest BCUT2D eigenvalue weighted by Gasteiger charge is -2.42. The highest BCUT2D eigenvalue weighted by Gasteiger charge is 2.40. The molecular formula is C47H49F3N8O6S. The molecule has 18 heteroatoms. The zero-order valence-corrected chi connectivity index (χ0v) is 36.4. The van der Waals surface area contributed by atoms with Gasteiger partial charge in [-0.3, -0.25) is 29.3 Å². The van der Waals surface area contributed by atoms with Crippen LogP contribution in [0.5, 0.6) is 5.75 Å². The standard InChI is InChI=1S/C47H49F3N8O6S/c48-32-15-16-57(27-32)65(62,63)54-41-12-11-40(49)39(44(41)50)23-30-25-52-45-38(30)22-29(24-51-45)28-1-3-33(4-2-28)55-17-19-56(20-18-55)34-5-7-35(8-6-34)64-36-9-10-37-31(21-36)26-58(47(37)61)42-13-14-43(59)53-46(42)60/h1-4,9-12,21-22,24-25,32,34-35,42,54H,5-8,13-20,23,26-27H2,(H,51,52)(H,53,59,60)/t32-,34?,35?,42?/m1/s1. The molecule has 1 aliphatic carbocycles. The van der Waals surface area contributed by atoms with Gasteiger partial charge in [-0.25, -0.2) is 18.2 Å². The van der Waals surface area contributed by atoms with Crippen LogP contribution in [-0.4, -0.2) is 114 Å². The summed E-state index contributed by atoms with van der Waals surface area (Å²) in [6.07, 6.45) is 6.57. The van der Waals surface area contributed by atoms with E-state index < -0.39 is 45.7 Å². The van der Waals surface area contributed by atoms with E-state index in [1.807, 2.05) is 30.3 Å². The summed E-state index contributed by atoms with van der Waals surface area (Å²) in [6.45, 7) is 3.66. The number of H-pyrrole nitrogens is 1. The SMILES string of the molecule is O=C1CCC(N2Cc3cc(OC4CCC(N5CCN(c6ccc(-c7cnc8[nH]cc(Cc9c(F)ccc(NS(=O)(=O)N%10CC[C@@H](F)C%10)c9F)c8c7)cc6)CC5)CC4)ccc3C2=O)C(=O)N1. The van der Waals surface area contributed by atoms with Crippen molar-refractivity contribution in [1.29, 1.82) is 0 Å². The van der Waals surface area contributed by atoms with Crippen LogP contribution in [0.3, 0.4) is 0 Å². The van der Waals surface area contributed by atoms with Gasteiger partial charge in [0.15, 0.2) is 5.82 Å². The number of benzene rings is 3. The summed E-state index contributed by atoms with van der Waals surface area (Å²) in [5, 5.41) is 3.03. The van der Waals surface area contributed by atoms with Crippen molar-refractivity contribution in [3.63, 3.8) is 0 Å². The summed E-state index contributed by atoms with van der Waals surface area (Å²) >= 11 is 0. The lowest BCUT2D eigenvalue weighted by molar-refractivity contribution is -0.136. The Labute approximate surface area is 374 Å². The number of pyridine rings is 1. The van der Waals surface area contributed by atoms with E-state index in [9.17, 15) is 27.2 Å². The monoisotopic (exact) mass is 910 g/mol. The first-order valence-electron chi connectivity index (χ1n) is 22.3. The highest BCUT2D eigenvalue weighted by atomic mass is 32.2. The molecule has 5 aliphatic rings. The van der Waals surface area contributed by atoms with Crippen LogP contribution in [0.25, 0.3) is 22.2 Å². The van der Waals surface area contributed by atoms with Crippen LogP contribution >= 0.6 is 0 Å². The first-order chi connectivity index (χ1) is 31.4. The topological polar surface area (TPSA) is 160 Å². The third-order valence-corrected chi connectivity index (χ3v) is 15.2. The maximum atomic E-state index is 15.7. The number of aromatic nitrogens is 2. The quantitative estimate of drug-likeness (QED) is 0.134. The lowest BCUT2D eigenvalue weighted by atomic mass is 9.91. The minimum Gasteiger partial charge on any atom is -0.490 e. The number of amides is 3. The molecule has 65 heavy (non-hydrogen) atoms. The Morgan fingerprint density at radius 1 is 0.862 bits per heavy atom. The molecule has 1 unspecified atom stereocenters. The van der Waals surface area contributed by atoms with Gasteiger partial charge in [0, 0.05) is 105 Å². The summed E-state index contributed by atoms with van der Waals surface area (Å²) < 4.78 is 79.7. The van der Waals surface area contributed by atoms with Gasteiger partial charge >= 0.3 is 10.2 Å². The molecule has 5 aromatic rings. The van der Waals surface area contributed by atoms with Crippen LogP contribution < -0.4 is 19.7 Å². The van der Waals surface area contributed by atoms with E-state index in [1.165, 1.54) is 0 Å². The zero-order chi connectivity index (χ0) is 45.0. The van der Waals surface area contributed by atoms with E-state index in [0.29, 0.717) is 41.2 Å². The maximum absolute atomic E-state index is 15.7. The molecule has 2 aromatic heterocycles. The number of ether oxygens (including phenoxy) is 1. The molecule has 10 rings (SSSR count). The van der Waals surface area contributed by atoms with Crippen molar-refractivity contribution in [3.05, 3.63) is 107 Å². The lowest BCUT2D eigenvalue weighted by Crippen LogP contribution is -2.52. The molecular weight excluding hydrogens is 862 g/mol. The number of halogens is 3. The molecule has 3 N–H and O–H groups in total. The minimum absolute atomic E-state index is 0.0257. The average molecular weight is 911 g/mol. The van der Waals surface area contributed by atoms with Crippen LogP contribution in [0.2, 0.25) is 0 Å². The van der Waals surface area contributed by atoms with E-state index in [1.54, 1.807) is 23.4 Å². The van der Waals surface area contributed by atoms with Gasteiger partial charge in [-0.05, 0) is 104 Å². The molecule has 3 aromatic carbocycles. The summed E-state index contributed by atoms with van der Waals surface area (Å²) in [5.74, 6) is -2.04. The molecule has 14 nitrogen and oxygen atoms in total. The number of nitrogens with one attached hydrogen (secondary N) is 3. The highest BCUT2D eigenvalue weighted by Crippen LogP contribution is 2.35. The van der Waals surface area contributed by atoms with Gasteiger partial charge < -0.3 is 19.5 Å². The number of hydrogen-bond acceptors (Lipinski definition) is 9. The summed E-state index contributed by atoms with van der Waals surface area (Å²) in [5.41, 5.74) is 4.71. The average Bonchev–Trinajstić information content (AvgIpc) is 4.03. The molecule has 0 radical (unpaired) electrons. The second kappa shape index (κ2) is 17.4. The van der Waals surface area contributed by atoms with Crippen molar-refractivity contribution in [2.75, 3.05) is 48.9 Å². The number of imide groups is 1. The number of aromatic amines is 1. The number of nitrogens with zero attached hydrogens (tertiary/aromatic N) is 5. The Balaban J connectivity index is 0.721. The van der Waals surface area contributed by atoms with Gasteiger partial charge in [-0.2, -0.15) is 12.7 Å². The number of fused-ring (bicyclic) bond motifs is 2. The van der Waals surface area contributed by atoms with Gasteiger partial charge in [0.05, 0.1) is 11.8 Å². The number of hydrogen-bond donors (Lipinski definition) is 3. The van der Waals surface area contributed by atoms with Crippen molar-refractivity contribution in [3.8, 4) is 16.9 Å². The molecule has 3 saturated heterocycles. The largest absolute Gasteiger partial charge is 0.490 e. The number of carbonyl (C=O) groups is 3. The van der Waals surface area contributed by atoms with Crippen molar-refractivity contribution >= 4 is 50.3 Å². The number of anilines is 2. The van der Waals surface area contributed by atoms with Gasteiger partial charge in [0.25, 0.3) is 5.91 Å².